The largest absolute Gasteiger partial charge is 0.443 e. The molecule has 0 bridgehead atoms. The van der Waals surface area contributed by atoms with Crippen LogP contribution in [0.5, 0.6) is 0 Å². The van der Waals surface area contributed by atoms with Gasteiger partial charge < -0.3 is 0 Å². The van der Waals surface area contributed by atoms with Gasteiger partial charge in [0.05, 0.1) is 4.88 Å². The molecule has 20 heavy (non-hydrogen) atoms. The highest BCUT2D eigenvalue weighted by Crippen LogP contribution is 2.33. The summed E-state index contributed by atoms with van der Waals surface area (Å²) in [4.78, 5) is 15.5. The quantitative estimate of drug-likeness (QED) is 0.787. The van der Waals surface area contributed by atoms with Gasteiger partial charge >= 0.3 is 6.18 Å². The highest BCUT2D eigenvalue weighted by Gasteiger charge is 2.35. The number of carbonyl (C=O) groups is 1. The van der Waals surface area contributed by atoms with E-state index in [9.17, 15) is 18.0 Å². The first-order valence-electron chi connectivity index (χ1n) is 6.14. The number of aryl methyl sites for hydroxylation is 2. The van der Waals surface area contributed by atoms with Gasteiger partial charge in [-0.05, 0) is 36.5 Å². The van der Waals surface area contributed by atoms with Gasteiger partial charge in [0.1, 0.15) is 0 Å². The van der Waals surface area contributed by atoms with Crippen LogP contribution >= 0.6 is 11.3 Å². The lowest BCUT2D eigenvalue weighted by Gasteiger charge is -2.02. The Morgan fingerprint density at radius 1 is 1.20 bits per heavy atom. The van der Waals surface area contributed by atoms with E-state index in [0.29, 0.717) is 16.9 Å². The maximum Gasteiger partial charge on any atom is 0.443 e. The molecule has 0 unspecified atom stereocenters. The molecule has 0 saturated carbocycles. The average Bonchev–Trinajstić information content (AvgIpc) is 3.05. The van der Waals surface area contributed by atoms with Crippen LogP contribution in [0.4, 0.5) is 13.2 Å². The molecule has 0 aliphatic heterocycles. The number of carbonyl (C=O) groups excluding carboxylic acids is 1. The fourth-order valence-corrected chi connectivity index (χ4v) is 3.11. The Kier molecular flexibility index (Phi) is 3.12. The molecule has 1 heterocycles. The minimum Gasteiger partial charge on any atom is -0.288 e. The molecule has 0 atom stereocenters. The Morgan fingerprint density at radius 2 is 1.95 bits per heavy atom. The van der Waals surface area contributed by atoms with E-state index in [1.807, 2.05) is 6.07 Å². The van der Waals surface area contributed by atoms with Crippen LogP contribution in [0.2, 0.25) is 0 Å². The van der Waals surface area contributed by atoms with Gasteiger partial charge in [0.2, 0.25) is 5.78 Å². The number of hydrogen-bond acceptors (Lipinski definition) is 3. The van der Waals surface area contributed by atoms with Crippen LogP contribution in [-0.2, 0) is 19.0 Å². The molecule has 0 radical (unpaired) electrons. The molecule has 3 rings (SSSR count). The molecular weight excluding hydrogens is 287 g/mol. The van der Waals surface area contributed by atoms with Crippen molar-refractivity contribution in [3.8, 4) is 0 Å². The predicted molar refractivity (Wildman–Crippen MR) is 69.0 cm³/mol. The lowest BCUT2D eigenvalue weighted by atomic mass is 10.0. The molecule has 0 saturated heterocycles. The van der Waals surface area contributed by atoms with E-state index in [0.717, 1.165) is 31.0 Å². The number of hydrogen-bond donors (Lipinski definition) is 0. The standard InChI is InChI=1S/C14H10F3NOS/c15-14(16,17)13-18-7-11(20-13)12(19)10-5-4-8-2-1-3-9(8)6-10/h4-7H,1-3H2. The second kappa shape index (κ2) is 4.70. The zero-order valence-corrected chi connectivity index (χ0v) is 11.1. The van der Waals surface area contributed by atoms with Gasteiger partial charge in [-0.1, -0.05) is 12.1 Å². The van der Waals surface area contributed by atoms with Crippen molar-refractivity contribution in [1.82, 2.24) is 4.98 Å². The van der Waals surface area contributed by atoms with E-state index < -0.39 is 17.0 Å². The van der Waals surface area contributed by atoms with Gasteiger partial charge in [0.15, 0.2) is 5.01 Å². The van der Waals surface area contributed by atoms with Crippen LogP contribution in [0.1, 0.15) is 37.8 Å². The molecular formula is C14H10F3NOS. The predicted octanol–water partition coefficient (Wildman–Crippen LogP) is 3.88. The number of rotatable bonds is 2. The van der Waals surface area contributed by atoms with Crippen molar-refractivity contribution in [1.29, 1.82) is 0 Å². The lowest BCUT2D eigenvalue weighted by molar-refractivity contribution is -0.137. The second-order valence-corrected chi connectivity index (χ2v) is 5.72. The maximum absolute atomic E-state index is 12.5. The molecule has 2 aromatic rings. The molecule has 6 heteroatoms. The molecule has 0 amide bonds. The maximum atomic E-state index is 12.5. The topological polar surface area (TPSA) is 30.0 Å². The van der Waals surface area contributed by atoms with Crippen molar-refractivity contribution >= 4 is 17.1 Å². The smallest absolute Gasteiger partial charge is 0.288 e. The molecule has 1 aliphatic rings. The van der Waals surface area contributed by atoms with Gasteiger partial charge in [-0.15, -0.1) is 11.3 Å². The summed E-state index contributed by atoms with van der Waals surface area (Å²) in [6, 6.07) is 5.36. The Morgan fingerprint density at radius 3 is 2.65 bits per heavy atom. The summed E-state index contributed by atoms with van der Waals surface area (Å²) in [5.74, 6) is -0.396. The van der Waals surface area contributed by atoms with E-state index in [1.165, 1.54) is 5.56 Å². The zero-order valence-electron chi connectivity index (χ0n) is 10.3. The molecule has 1 aromatic carbocycles. The molecule has 2 nitrogen and oxygen atoms in total. The molecule has 0 N–H and O–H groups in total. The van der Waals surface area contributed by atoms with Crippen molar-refractivity contribution in [2.45, 2.75) is 25.4 Å². The summed E-state index contributed by atoms with van der Waals surface area (Å²) in [7, 11) is 0. The highest BCUT2D eigenvalue weighted by atomic mass is 32.1. The van der Waals surface area contributed by atoms with Crippen molar-refractivity contribution in [2.75, 3.05) is 0 Å². The summed E-state index contributed by atoms with van der Waals surface area (Å²) in [6.45, 7) is 0. The van der Waals surface area contributed by atoms with Crippen LogP contribution in [0.3, 0.4) is 0 Å². The minimum atomic E-state index is -4.50. The van der Waals surface area contributed by atoms with Gasteiger partial charge in [-0.3, -0.25) is 4.79 Å². The first kappa shape index (κ1) is 13.3. The zero-order chi connectivity index (χ0) is 14.3. The third-order valence-electron chi connectivity index (χ3n) is 3.33. The SMILES string of the molecule is O=C(c1ccc2c(c1)CCC2)c1cnc(C(F)(F)F)s1. The van der Waals surface area contributed by atoms with E-state index in [4.69, 9.17) is 0 Å². The van der Waals surface area contributed by atoms with Gasteiger partial charge in [0, 0.05) is 11.8 Å². The van der Waals surface area contributed by atoms with Crippen LogP contribution in [-0.4, -0.2) is 10.8 Å². The molecule has 104 valence electrons. The molecule has 1 aliphatic carbocycles. The van der Waals surface area contributed by atoms with Crippen molar-refractivity contribution in [3.05, 3.63) is 51.0 Å². The third-order valence-corrected chi connectivity index (χ3v) is 4.37. The number of alkyl halides is 3. The third kappa shape index (κ3) is 2.35. The Labute approximate surface area is 117 Å². The number of nitrogens with zero attached hydrogens (tertiary/aromatic N) is 1. The normalized spacial score (nSPS) is 14.3. The molecule has 0 spiro atoms. The summed E-state index contributed by atoms with van der Waals surface area (Å²) >= 11 is 0.390. The summed E-state index contributed by atoms with van der Waals surface area (Å²) in [5, 5.41) is -0.984. The lowest BCUT2D eigenvalue weighted by Crippen LogP contribution is -2.03. The number of halogens is 3. The van der Waals surface area contributed by atoms with Crippen molar-refractivity contribution in [2.24, 2.45) is 0 Å². The van der Waals surface area contributed by atoms with E-state index in [-0.39, 0.29) is 4.88 Å². The van der Waals surface area contributed by atoms with Gasteiger partial charge in [-0.25, -0.2) is 4.98 Å². The second-order valence-electron chi connectivity index (χ2n) is 4.69. The van der Waals surface area contributed by atoms with Crippen LogP contribution < -0.4 is 0 Å². The molecule has 0 fully saturated rings. The Balaban J connectivity index is 1.91. The van der Waals surface area contributed by atoms with Gasteiger partial charge in [-0.2, -0.15) is 13.2 Å². The summed E-state index contributed by atoms with van der Waals surface area (Å²) in [5.41, 5.74) is 2.78. The van der Waals surface area contributed by atoms with E-state index in [1.54, 1.807) is 12.1 Å². The Bertz CT molecular complexity index is 675. The summed E-state index contributed by atoms with van der Waals surface area (Å²) < 4.78 is 37.5. The van der Waals surface area contributed by atoms with Crippen LogP contribution in [0.15, 0.2) is 24.4 Å². The first-order valence-corrected chi connectivity index (χ1v) is 6.96. The fraction of sp³-hybridized carbons (Fsp3) is 0.286. The van der Waals surface area contributed by atoms with E-state index >= 15 is 0 Å². The number of fused-ring (bicyclic) bond motifs is 1. The number of aromatic nitrogens is 1. The first-order chi connectivity index (χ1) is 9.45. The number of ketones is 1. The van der Waals surface area contributed by atoms with E-state index in [2.05, 4.69) is 4.98 Å². The van der Waals surface area contributed by atoms with Gasteiger partial charge in [0.25, 0.3) is 0 Å². The summed E-state index contributed by atoms with van der Waals surface area (Å²) in [6.07, 6.45) is -0.508. The monoisotopic (exact) mass is 297 g/mol. The van der Waals surface area contributed by atoms with Crippen molar-refractivity contribution < 1.29 is 18.0 Å². The fourth-order valence-electron chi connectivity index (χ4n) is 2.37. The minimum absolute atomic E-state index is 0.0234. The molecule has 1 aromatic heterocycles. The van der Waals surface area contributed by atoms with Crippen LogP contribution in [0, 0.1) is 0 Å². The van der Waals surface area contributed by atoms with Crippen molar-refractivity contribution in [3.63, 3.8) is 0 Å². The number of thiazole rings is 1. The van der Waals surface area contributed by atoms with Crippen LogP contribution in [0.25, 0.3) is 0 Å². The Hall–Kier alpha value is -1.69. The average molecular weight is 297 g/mol. The highest BCUT2D eigenvalue weighted by molar-refractivity contribution is 7.13. The number of benzene rings is 1.